The zero-order chi connectivity index (χ0) is 22.9. The molecule has 6 heteroatoms. The number of aliphatic imine (C=N–C) groups is 1. The van der Waals surface area contributed by atoms with E-state index in [2.05, 4.69) is 4.99 Å². The number of methoxy groups -OCH3 is 3. The second-order valence-corrected chi connectivity index (χ2v) is 6.84. The Hall–Kier alpha value is -3.93. The number of hydrogen-bond acceptors (Lipinski definition) is 5. The fourth-order valence-electron chi connectivity index (χ4n) is 3.11. The van der Waals surface area contributed by atoms with Crippen molar-refractivity contribution < 1.29 is 23.4 Å². The van der Waals surface area contributed by atoms with Crippen molar-refractivity contribution in [1.82, 2.24) is 0 Å². The highest BCUT2D eigenvalue weighted by molar-refractivity contribution is 6.03. The van der Waals surface area contributed by atoms with Crippen LogP contribution in [0.15, 0.2) is 65.7 Å². The van der Waals surface area contributed by atoms with Crippen LogP contribution in [-0.2, 0) is 0 Å². The van der Waals surface area contributed by atoms with Gasteiger partial charge in [-0.25, -0.2) is 4.39 Å². The molecule has 3 rings (SSSR count). The highest BCUT2D eigenvalue weighted by Gasteiger charge is 2.12. The van der Waals surface area contributed by atoms with Crippen LogP contribution < -0.4 is 14.2 Å². The molecule has 0 radical (unpaired) electrons. The molecule has 5 nitrogen and oxygen atoms in total. The minimum atomic E-state index is -0.431. The predicted octanol–water partition coefficient (Wildman–Crippen LogP) is 6.00. The van der Waals surface area contributed by atoms with Crippen molar-refractivity contribution >= 4 is 29.8 Å². The van der Waals surface area contributed by atoms with Gasteiger partial charge in [0.25, 0.3) is 0 Å². The average Bonchev–Trinajstić information content (AvgIpc) is 2.82. The van der Waals surface area contributed by atoms with Crippen LogP contribution in [0.4, 0.5) is 10.1 Å². The van der Waals surface area contributed by atoms with E-state index >= 15 is 0 Å². The first-order valence-corrected chi connectivity index (χ1v) is 9.93. The summed E-state index contributed by atoms with van der Waals surface area (Å²) in [5.41, 5.74) is 2.86. The van der Waals surface area contributed by atoms with Crippen LogP contribution in [0.2, 0.25) is 0 Å². The minimum absolute atomic E-state index is 0.0922. The van der Waals surface area contributed by atoms with Crippen molar-refractivity contribution in [3.63, 3.8) is 0 Å². The molecule has 0 amide bonds. The third-order valence-corrected chi connectivity index (χ3v) is 4.69. The topological polar surface area (TPSA) is 57.1 Å². The second kappa shape index (κ2) is 10.9. The molecule has 0 saturated heterocycles. The lowest BCUT2D eigenvalue weighted by atomic mass is 10.1. The summed E-state index contributed by atoms with van der Waals surface area (Å²) in [6, 6.07) is 16.9. The van der Waals surface area contributed by atoms with Gasteiger partial charge in [0.15, 0.2) is 17.3 Å². The molecule has 0 bridgehead atoms. The lowest BCUT2D eigenvalue weighted by Gasteiger charge is -2.12. The van der Waals surface area contributed by atoms with Gasteiger partial charge in [0.2, 0.25) is 5.75 Å². The van der Waals surface area contributed by atoms with Crippen LogP contribution in [0.25, 0.3) is 12.2 Å². The van der Waals surface area contributed by atoms with Gasteiger partial charge in [-0.1, -0.05) is 36.4 Å². The lowest BCUT2D eigenvalue weighted by molar-refractivity contribution is 0.100. The second-order valence-electron chi connectivity index (χ2n) is 6.84. The normalized spacial score (nSPS) is 11.1. The standard InChI is InChI=1S/C26H24FNO4/c1-30-24-15-19(16-25(31-2)26(24)32-3)11-10-18-6-4-9-22(14-18)28-13-12-23(29)20-7-5-8-21(27)17-20/h4-11,13-17H,12H2,1-3H3/b11-10-,28-13?. The van der Waals surface area contributed by atoms with Gasteiger partial charge in [-0.05, 0) is 47.5 Å². The molecule has 164 valence electrons. The van der Waals surface area contributed by atoms with E-state index in [1.165, 1.54) is 24.4 Å². The molecule has 0 aliphatic heterocycles. The van der Waals surface area contributed by atoms with Crippen molar-refractivity contribution in [1.29, 1.82) is 0 Å². The van der Waals surface area contributed by atoms with E-state index in [4.69, 9.17) is 14.2 Å². The molecule has 32 heavy (non-hydrogen) atoms. The molecule has 0 atom stereocenters. The first kappa shape index (κ1) is 22.7. The lowest BCUT2D eigenvalue weighted by Crippen LogP contribution is -1.99. The van der Waals surface area contributed by atoms with Gasteiger partial charge in [0.1, 0.15) is 5.82 Å². The fourth-order valence-corrected chi connectivity index (χ4v) is 3.11. The average molecular weight is 433 g/mol. The number of halogens is 1. The van der Waals surface area contributed by atoms with Gasteiger partial charge in [-0.2, -0.15) is 0 Å². The van der Waals surface area contributed by atoms with E-state index in [9.17, 15) is 9.18 Å². The third-order valence-electron chi connectivity index (χ3n) is 4.69. The number of carbonyl (C=O) groups is 1. The number of ether oxygens (including phenoxy) is 3. The number of rotatable bonds is 9. The zero-order valence-corrected chi connectivity index (χ0v) is 18.2. The van der Waals surface area contributed by atoms with E-state index < -0.39 is 5.82 Å². The van der Waals surface area contributed by atoms with Crippen LogP contribution in [0, 0.1) is 5.82 Å². The quantitative estimate of drug-likeness (QED) is 0.236. The monoisotopic (exact) mass is 433 g/mol. The van der Waals surface area contributed by atoms with Crippen LogP contribution in [0.5, 0.6) is 17.2 Å². The van der Waals surface area contributed by atoms with E-state index in [-0.39, 0.29) is 12.2 Å². The van der Waals surface area contributed by atoms with E-state index in [0.717, 1.165) is 11.1 Å². The summed E-state index contributed by atoms with van der Waals surface area (Å²) < 4.78 is 29.4. The molecule has 0 saturated carbocycles. The SMILES string of the molecule is COc1cc(/C=C\c2cccc(N=CCC(=O)c3cccc(F)c3)c2)cc(OC)c1OC. The number of Topliss-reactive ketones (excluding diaryl/α,β-unsaturated/α-hetero) is 1. The Morgan fingerprint density at radius 2 is 1.56 bits per heavy atom. The first-order valence-electron chi connectivity index (χ1n) is 9.93. The molecule has 0 N–H and O–H groups in total. The van der Waals surface area contributed by atoms with E-state index in [1.807, 2.05) is 48.6 Å². The van der Waals surface area contributed by atoms with Crippen LogP contribution >= 0.6 is 0 Å². The molecule has 3 aromatic rings. The summed E-state index contributed by atoms with van der Waals surface area (Å²) in [7, 11) is 4.71. The smallest absolute Gasteiger partial charge is 0.203 e. The van der Waals surface area contributed by atoms with Gasteiger partial charge in [-0.15, -0.1) is 0 Å². The summed E-state index contributed by atoms with van der Waals surface area (Å²) in [6.45, 7) is 0. The first-order chi connectivity index (χ1) is 15.5. The Bertz CT molecular complexity index is 1130. The van der Waals surface area contributed by atoms with Crippen LogP contribution in [0.3, 0.4) is 0 Å². The Kier molecular flexibility index (Phi) is 7.75. The molecule has 0 unspecified atom stereocenters. The minimum Gasteiger partial charge on any atom is -0.493 e. The van der Waals surface area contributed by atoms with Gasteiger partial charge < -0.3 is 14.2 Å². The molecule has 0 spiro atoms. The number of carbonyl (C=O) groups excluding carboxylic acids is 1. The summed E-state index contributed by atoms with van der Waals surface area (Å²) >= 11 is 0. The van der Waals surface area contributed by atoms with Crippen LogP contribution in [0.1, 0.15) is 27.9 Å². The number of nitrogens with zero attached hydrogens (tertiary/aromatic N) is 1. The fraction of sp³-hybridized carbons (Fsp3) is 0.154. The third kappa shape index (κ3) is 5.82. The molecule has 3 aromatic carbocycles. The molecule has 0 heterocycles. The van der Waals surface area contributed by atoms with Gasteiger partial charge in [-0.3, -0.25) is 9.79 Å². The van der Waals surface area contributed by atoms with E-state index in [0.29, 0.717) is 28.5 Å². The van der Waals surface area contributed by atoms with E-state index in [1.54, 1.807) is 27.4 Å². The van der Waals surface area contributed by atoms with Gasteiger partial charge in [0, 0.05) is 18.2 Å². The van der Waals surface area contributed by atoms with Crippen molar-refractivity contribution in [3.8, 4) is 17.2 Å². The number of benzene rings is 3. The summed E-state index contributed by atoms with van der Waals surface area (Å²) in [4.78, 5) is 16.5. The highest BCUT2D eigenvalue weighted by atomic mass is 19.1. The maximum absolute atomic E-state index is 13.3. The molecular formula is C26H24FNO4. The Balaban J connectivity index is 1.71. The van der Waals surface area contributed by atoms with Crippen molar-refractivity contribution in [2.45, 2.75) is 6.42 Å². The molecule has 0 aromatic heterocycles. The molecule has 0 fully saturated rings. The van der Waals surface area contributed by atoms with Gasteiger partial charge >= 0.3 is 0 Å². The Morgan fingerprint density at radius 3 is 2.22 bits per heavy atom. The Labute approximate surface area is 186 Å². The maximum Gasteiger partial charge on any atom is 0.203 e. The highest BCUT2D eigenvalue weighted by Crippen LogP contribution is 2.38. The van der Waals surface area contributed by atoms with Crippen molar-refractivity contribution in [2.24, 2.45) is 4.99 Å². The Morgan fingerprint density at radius 1 is 0.875 bits per heavy atom. The number of ketones is 1. The summed E-state index contributed by atoms with van der Waals surface area (Å²) in [5, 5.41) is 0. The maximum atomic E-state index is 13.3. The summed E-state index contributed by atoms with van der Waals surface area (Å²) in [6.07, 6.45) is 5.50. The molecular weight excluding hydrogens is 409 g/mol. The van der Waals surface area contributed by atoms with Crippen molar-refractivity contribution in [3.05, 3.63) is 83.2 Å². The number of hydrogen-bond donors (Lipinski definition) is 0. The largest absolute Gasteiger partial charge is 0.493 e. The molecule has 0 aliphatic carbocycles. The van der Waals surface area contributed by atoms with Crippen molar-refractivity contribution in [2.75, 3.05) is 21.3 Å². The molecule has 0 aliphatic rings. The summed E-state index contributed by atoms with van der Waals surface area (Å²) in [5.74, 6) is 1.07. The van der Waals surface area contributed by atoms with Crippen LogP contribution in [-0.4, -0.2) is 33.3 Å². The zero-order valence-electron chi connectivity index (χ0n) is 18.2. The van der Waals surface area contributed by atoms with Gasteiger partial charge in [0.05, 0.1) is 27.0 Å². The predicted molar refractivity (Wildman–Crippen MR) is 125 cm³/mol.